The summed E-state index contributed by atoms with van der Waals surface area (Å²) in [5.41, 5.74) is -0.488. The first kappa shape index (κ1) is 12.6. The number of Topliss-reactive ketones (excluding diaryl/α,β-unsaturated/α-hetero) is 1. The second-order valence-corrected chi connectivity index (χ2v) is 3.58. The van der Waals surface area contributed by atoms with Crippen LogP contribution >= 0.6 is 11.8 Å². The number of rotatable bonds is 3. The summed E-state index contributed by atoms with van der Waals surface area (Å²) >= 11 is 0.819. The fraction of sp³-hybridized carbons (Fsp3) is 0.200. The van der Waals surface area contributed by atoms with E-state index in [9.17, 15) is 18.4 Å². The SMILES string of the molecule is COC(=O)C(=O)c1ccc(F)c(SC)c1F. The van der Waals surface area contributed by atoms with E-state index in [1.165, 1.54) is 6.26 Å². The topological polar surface area (TPSA) is 43.4 Å². The van der Waals surface area contributed by atoms with E-state index in [2.05, 4.69) is 4.74 Å². The van der Waals surface area contributed by atoms with Gasteiger partial charge in [-0.25, -0.2) is 13.6 Å². The third kappa shape index (κ3) is 2.21. The van der Waals surface area contributed by atoms with Gasteiger partial charge >= 0.3 is 5.97 Å². The Morgan fingerprint density at radius 1 is 1.31 bits per heavy atom. The standard InChI is InChI=1S/C10H8F2O3S/c1-15-10(14)8(13)5-3-4-6(11)9(16-2)7(5)12/h3-4H,1-2H3. The van der Waals surface area contributed by atoms with Gasteiger partial charge in [0.15, 0.2) is 5.82 Å². The first-order valence-corrected chi connectivity index (χ1v) is 5.40. The summed E-state index contributed by atoms with van der Waals surface area (Å²) in [7, 11) is 1.01. The van der Waals surface area contributed by atoms with E-state index in [0.29, 0.717) is 0 Å². The molecule has 0 aliphatic carbocycles. The molecular weight excluding hydrogens is 238 g/mol. The number of ether oxygens (including phenoxy) is 1. The average molecular weight is 246 g/mol. The van der Waals surface area contributed by atoms with Crippen molar-refractivity contribution in [1.29, 1.82) is 0 Å². The van der Waals surface area contributed by atoms with Crippen molar-refractivity contribution in [3.63, 3.8) is 0 Å². The van der Waals surface area contributed by atoms with Crippen LogP contribution in [0.15, 0.2) is 17.0 Å². The first-order chi connectivity index (χ1) is 7.52. The van der Waals surface area contributed by atoms with Crippen LogP contribution in [0, 0.1) is 11.6 Å². The summed E-state index contributed by atoms with van der Waals surface area (Å²) in [5, 5.41) is 0. The molecule has 1 rings (SSSR count). The minimum absolute atomic E-state index is 0.297. The lowest BCUT2D eigenvalue weighted by Gasteiger charge is -2.05. The minimum atomic E-state index is -1.18. The molecule has 0 spiro atoms. The van der Waals surface area contributed by atoms with E-state index in [1.54, 1.807) is 0 Å². The lowest BCUT2D eigenvalue weighted by molar-refractivity contribution is -0.135. The van der Waals surface area contributed by atoms with Gasteiger partial charge in [-0.1, -0.05) is 0 Å². The van der Waals surface area contributed by atoms with E-state index in [1.807, 2.05) is 0 Å². The summed E-state index contributed by atoms with van der Waals surface area (Å²) in [4.78, 5) is 21.9. The number of esters is 1. The van der Waals surface area contributed by atoms with Crippen molar-refractivity contribution in [1.82, 2.24) is 0 Å². The molecule has 0 atom stereocenters. The number of benzene rings is 1. The van der Waals surface area contributed by atoms with Gasteiger partial charge in [-0.3, -0.25) is 4.79 Å². The number of carbonyl (C=O) groups is 2. The molecule has 0 aliphatic heterocycles. The number of methoxy groups -OCH3 is 1. The molecule has 0 radical (unpaired) electrons. The Bertz CT molecular complexity index is 446. The number of thioether (sulfide) groups is 1. The molecule has 86 valence electrons. The quantitative estimate of drug-likeness (QED) is 0.354. The number of hydrogen-bond acceptors (Lipinski definition) is 4. The minimum Gasteiger partial charge on any atom is -0.463 e. The molecule has 1 aromatic rings. The summed E-state index contributed by atoms with van der Waals surface area (Å²) in [6.07, 6.45) is 1.47. The zero-order valence-corrected chi connectivity index (χ0v) is 9.36. The van der Waals surface area contributed by atoms with Crippen molar-refractivity contribution in [3.8, 4) is 0 Å². The molecule has 0 N–H and O–H groups in total. The number of hydrogen-bond donors (Lipinski definition) is 0. The Morgan fingerprint density at radius 3 is 2.44 bits per heavy atom. The summed E-state index contributed by atoms with van der Waals surface area (Å²) in [6.45, 7) is 0. The van der Waals surface area contributed by atoms with Crippen molar-refractivity contribution in [2.45, 2.75) is 4.90 Å². The van der Waals surface area contributed by atoms with Gasteiger partial charge in [0, 0.05) is 0 Å². The zero-order chi connectivity index (χ0) is 12.3. The van der Waals surface area contributed by atoms with E-state index >= 15 is 0 Å². The number of ketones is 1. The summed E-state index contributed by atoms with van der Waals surface area (Å²) < 4.78 is 30.8. The lowest BCUT2D eigenvalue weighted by atomic mass is 10.1. The molecule has 0 aliphatic rings. The highest BCUT2D eigenvalue weighted by Gasteiger charge is 2.23. The Labute approximate surface area is 94.8 Å². The van der Waals surface area contributed by atoms with Gasteiger partial charge in [0.1, 0.15) is 5.82 Å². The Morgan fingerprint density at radius 2 is 1.94 bits per heavy atom. The van der Waals surface area contributed by atoms with E-state index in [4.69, 9.17) is 0 Å². The highest BCUT2D eigenvalue weighted by atomic mass is 32.2. The van der Waals surface area contributed by atoms with Gasteiger partial charge in [0.05, 0.1) is 17.6 Å². The van der Waals surface area contributed by atoms with E-state index < -0.39 is 29.0 Å². The molecule has 0 unspecified atom stereocenters. The molecule has 0 fully saturated rings. The highest BCUT2D eigenvalue weighted by molar-refractivity contribution is 7.98. The van der Waals surface area contributed by atoms with Crippen LogP contribution in [-0.4, -0.2) is 25.1 Å². The summed E-state index contributed by atoms with van der Waals surface area (Å²) in [6, 6.07) is 1.86. The maximum Gasteiger partial charge on any atom is 0.379 e. The van der Waals surface area contributed by atoms with Gasteiger partial charge in [0.25, 0.3) is 5.78 Å². The van der Waals surface area contributed by atoms with E-state index in [-0.39, 0.29) is 4.90 Å². The lowest BCUT2D eigenvalue weighted by Crippen LogP contribution is -2.17. The normalized spacial score (nSPS) is 10.0. The largest absolute Gasteiger partial charge is 0.463 e. The molecule has 0 aromatic heterocycles. The van der Waals surface area contributed by atoms with Gasteiger partial charge in [-0.15, -0.1) is 11.8 Å². The molecule has 1 aromatic carbocycles. The van der Waals surface area contributed by atoms with Crippen molar-refractivity contribution < 1.29 is 23.1 Å². The predicted molar refractivity (Wildman–Crippen MR) is 54.5 cm³/mol. The predicted octanol–water partition coefficient (Wildman–Crippen LogP) is 2.04. The smallest absolute Gasteiger partial charge is 0.379 e. The maximum atomic E-state index is 13.6. The van der Waals surface area contributed by atoms with Gasteiger partial charge in [-0.05, 0) is 18.4 Å². The maximum absolute atomic E-state index is 13.6. The number of carbonyl (C=O) groups excluding carboxylic acids is 2. The van der Waals surface area contributed by atoms with Crippen LogP contribution in [0.4, 0.5) is 8.78 Å². The molecule has 16 heavy (non-hydrogen) atoms. The molecular formula is C10H8F2O3S. The van der Waals surface area contributed by atoms with Crippen molar-refractivity contribution in [2.75, 3.05) is 13.4 Å². The zero-order valence-electron chi connectivity index (χ0n) is 8.54. The third-order valence-corrected chi connectivity index (χ3v) is 2.65. The second kappa shape index (κ2) is 5.07. The molecule has 0 heterocycles. The van der Waals surface area contributed by atoms with Gasteiger partial charge in [0.2, 0.25) is 0 Å². The van der Waals surface area contributed by atoms with E-state index in [0.717, 1.165) is 31.0 Å². The fourth-order valence-corrected chi connectivity index (χ4v) is 1.65. The van der Waals surface area contributed by atoms with Crippen molar-refractivity contribution >= 4 is 23.5 Å². The van der Waals surface area contributed by atoms with Crippen molar-refractivity contribution in [2.24, 2.45) is 0 Å². The monoisotopic (exact) mass is 246 g/mol. The Hall–Kier alpha value is -1.43. The molecule has 6 heteroatoms. The first-order valence-electron chi connectivity index (χ1n) is 4.17. The van der Waals surface area contributed by atoms with Gasteiger partial charge in [-0.2, -0.15) is 0 Å². The highest BCUT2D eigenvalue weighted by Crippen LogP contribution is 2.25. The van der Waals surface area contributed by atoms with Crippen LogP contribution in [0.1, 0.15) is 10.4 Å². The van der Waals surface area contributed by atoms with Gasteiger partial charge < -0.3 is 4.74 Å². The van der Waals surface area contributed by atoms with Crippen LogP contribution in [0.5, 0.6) is 0 Å². The molecule has 0 amide bonds. The Kier molecular flexibility index (Phi) is 4.00. The van der Waals surface area contributed by atoms with Crippen LogP contribution < -0.4 is 0 Å². The second-order valence-electron chi connectivity index (χ2n) is 2.76. The average Bonchev–Trinajstić information content (AvgIpc) is 2.28. The van der Waals surface area contributed by atoms with Crippen LogP contribution in [0.2, 0.25) is 0 Å². The number of halogens is 2. The van der Waals surface area contributed by atoms with Crippen molar-refractivity contribution in [3.05, 3.63) is 29.3 Å². The van der Waals surface area contributed by atoms with Crippen LogP contribution in [0.3, 0.4) is 0 Å². The van der Waals surface area contributed by atoms with Crippen LogP contribution in [0.25, 0.3) is 0 Å². The summed E-state index contributed by atoms with van der Waals surface area (Å²) in [5.74, 6) is -4.12. The third-order valence-electron chi connectivity index (χ3n) is 1.87. The molecule has 0 saturated heterocycles. The molecule has 0 saturated carbocycles. The van der Waals surface area contributed by atoms with Crippen LogP contribution in [-0.2, 0) is 9.53 Å². The Balaban J connectivity index is 3.26. The molecule has 0 bridgehead atoms. The fourth-order valence-electron chi connectivity index (χ4n) is 1.10. The molecule has 3 nitrogen and oxygen atoms in total.